The number of H-pyrrole nitrogens is 1. The number of fused-ring (bicyclic) bond motifs is 3. The van der Waals surface area contributed by atoms with Gasteiger partial charge in [-0.25, -0.2) is 0 Å². The van der Waals surface area contributed by atoms with E-state index in [2.05, 4.69) is 10.2 Å². The molecule has 1 aromatic carbocycles. The maximum Gasteiger partial charge on any atom is 0.406 e. The third kappa shape index (κ3) is 10.1. The van der Waals surface area contributed by atoms with Crippen LogP contribution in [0.2, 0.25) is 5.02 Å². The molecule has 0 saturated heterocycles. The Kier molecular flexibility index (Phi) is 9.03. The number of benzene rings is 1. The van der Waals surface area contributed by atoms with Gasteiger partial charge in [0.05, 0.1) is 35.3 Å². The lowest BCUT2D eigenvalue weighted by molar-refractivity contribution is -0.162. The Balaban J connectivity index is 0.000000431. The number of hydrogen-bond acceptors (Lipinski definition) is 7. The molecule has 11 nitrogen and oxygen atoms in total. The molecule has 0 spiro atoms. The van der Waals surface area contributed by atoms with Crippen molar-refractivity contribution in [1.82, 2.24) is 15.1 Å². The van der Waals surface area contributed by atoms with Crippen LogP contribution in [0.25, 0.3) is 10.9 Å². The molecule has 5 N–H and O–H groups in total. The zero-order valence-corrected chi connectivity index (χ0v) is 19.0. The van der Waals surface area contributed by atoms with Gasteiger partial charge in [0.1, 0.15) is 6.54 Å². The number of aromatic nitrogens is 2. The van der Waals surface area contributed by atoms with Crippen LogP contribution < -0.4 is 5.73 Å². The lowest BCUT2D eigenvalue weighted by atomic mass is 9.99. The SMILES string of the molecule is CS(=O)(=O)O.CS(=O)(=O)O.N[C@@H]1Cc2cc(Cl)c3[nH]ncc3c2CN(CC(F)(F)F)C1=O. The normalized spacial score (nSPS) is 17.0. The van der Waals surface area contributed by atoms with Crippen molar-refractivity contribution in [1.29, 1.82) is 0 Å². The van der Waals surface area contributed by atoms with Gasteiger partial charge in [-0.1, -0.05) is 11.6 Å². The molecule has 0 saturated carbocycles. The van der Waals surface area contributed by atoms with E-state index in [9.17, 15) is 34.8 Å². The molecule has 32 heavy (non-hydrogen) atoms. The fourth-order valence-electron chi connectivity index (χ4n) is 2.73. The van der Waals surface area contributed by atoms with Crippen LogP contribution in [0.4, 0.5) is 13.2 Å². The number of alkyl halides is 3. The Morgan fingerprint density at radius 2 is 1.75 bits per heavy atom. The predicted octanol–water partition coefficient (Wildman–Crippen LogP) is 0.999. The van der Waals surface area contributed by atoms with E-state index in [0.29, 0.717) is 39.6 Å². The van der Waals surface area contributed by atoms with Gasteiger partial charge in [0.15, 0.2) is 0 Å². The van der Waals surface area contributed by atoms with Gasteiger partial charge in [-0.15, -0.1) is 0 Å². The number of carbonyl (C=O) groups excluding carboxylic acids is 1. The summed E-state index contributed by atoms with van der Waals surface area (Å²) in [6.45, 7) is -1.50. The second-order valence-electron chi connectivity index (χ2n) is 6.74. The molecule has 2 heterocycles. The highest BCUT2D eigenvalue weighted by atomic mass is 35.5. The van der Waals surface area contributed by atoms with Crippen molar-refractivity contribution in [2.24, 2.45) is 5.73 Å². The van der Waals surface area contributed by atoms with Crippen LogP contribution in [-0.4, -0.2) is 78.2 Å². The molecule has 0 radical (unpaired) electrons. The van der Waals surface area contributed by atoms with E-state index in [1.165, 1.54) is 6.20 Å². The molecule has 0 unspecified atom stereocenters. The van der Waals surface area contributed by atoms with Gasteiger partial charge in [0.2, 0.25) is 5.91 Å². The maximum absolute atomic E-state index is 12.7. The van der Waals surface area contributed by atoms with E-state index in [4.69, 9.17) is 26.4 Å². The highest BCUT2D eigenvalue weighted by Gasteiger charge is 2.37. The van der Waals surface area contributed by atoms with E-state index in [1.54, 1.807) is 6.07 Å². The third-order valence-corrected chi connectivity index (χ3v) is 3.98. The maximum atomic E-state index is 12.7. The molecule has 1 amide bonds. The van der Waals surface area contributed by atoms with Crippen LogP contribution in [-0.2, 0) is 38.0 Å². The second-order valence-corrected chi connectivity index (χ2v) is 10.1. The largest absolute Gasteiger partial charge is 0.406 e. The number of halogens is 4. The van der Waals surface area contributed by atoms with E-state index in [0.717, 1.165) is 4.90 Å². The molecule has 1 atom stereocenters. The van der Waals surface area contributed by atoms with E-state index >= 15 is 0 Å². The molecule has 182 valence electrons. The number of nitrogens with zero attached hydrogens (tertiary/aromatic N) is 2. The zero-order valence-electron chi connectivity index (χ0n) is 16.6. The third-order valence-electron chi connectivity index (χ3n) is 3.68. The Labute approximate surface area is 186 Å². The highest BCUT2D eigenvalue weighted by molar-refractivity contribution is 7.85. The summed E-state index contributed by atoms with van der Waals surface area (Å²) in [6, 6.07) is 0.603. The van der Waals surface area contributed by atoms with E-state index < -0.39 is 44.9 Å². The standard InChI is InChI=1S/C13H12ClF3N4O.2CH4O3S/c14-9-1-6-2-10(18)12(22)21(5-13(15,16)17)4-8(6)7-3-19-20-11(7)9;2*1-5(2,3)4/h1,3,10H,2,4-5,18H2,(H,19,20);2*1H3,(H,2,3,4)/t10-;;/m1../s1. The predicted molar refractivity (Wildman–Crippen MR) is 109 cm³/mol. The number of carbonyl (C=O) groups is 1. The summed E-state index contributed by atoms with van der Waals surface area (Å²) in [5.74, 6) is -0.721. The molecule has 17 heteroatoms. The zero-order chi connectivity index (χ0) is 25.1. The Morgan fingerprint density at radius 3 is 2.22 bits per heavy atom. The quantitative estimate of drug-likeness (QED) is 0.395. The molecule has 1 aliphatic heterocycles. The molecule has 0 fully saturated rings. The van der Waals surface area contributed by atoms with Crippen molar-refractivity contribution in [2.75, 3.05) is 19.1 Å². The van der Waals surface area contributed by atoms with Crippen molar-refractivity contribution in [2.45, 2.75) is 25.2 Å². The van der Waals surface area contributed by atoms with Crippen LogP contribution in [0.15, 0.2) is 12.3 Å². The average molecular weight is 525 g/mol. The van der Waals surface area contributed by atoms with Gasteiger partial charge >= 0.3 is 6.18 Å². The Bertz CT molecular complexity index is 1140. The molecular weight excluding hydrogens is 505 g/mol. The fourth-order valence-corrected chi connectivity index (χ4v) is 3.00. The molecule has 0 bridgehead atoms. The van der Waals surface area contributed by atoms with Crippen LogP contribution in [0, 0.1) is 0 Å². The summed E-state index contributed by atoms with van der Waals surface area (Å²) < 4.78 is 89.8. The van der Waals surface area contributed by atoms with Crippen molar-refractivity contribution in [3.05, 3.63) is 28.4 Å². The van der Waals surface area contributed by atoms with Crippen molar-refractivity contribution < 1.29 is 43.9 Å². The summed E-state index contributed by atoms with van der Waals surface area (Å²) in [7, 11) is -7.33. The summed E-state index contributed by atoms with van der Waals surface area (Å²) in [5, 5.41) is 7.58. The molecule has 3 rings (SSSR count). The van der Waals surface area contributed by atoms with Crippen molar-refractivity contribution >= 4 is 48.6 Å². The number of aromatic amines is 1. The molecule has 1 aromatic heterocycles. The summed E-state index contributed by atoms with van der Waals surface area (Å²) in [5.41, 5.74) is 7.55. The van der Waals surface area contributed by atoms with Gasteiger partial charge in [0, 0.05) is 11.9 Å². The smallest absolute Gasteiger partial charge is 0.328 e. The number of hydrogen-bond donors (Lipinski definition) is 4. The lowest BCUT2D eigenvalue weighted by Crippen LogP contribution is -2.46. The van der Waals surface area contributed by atoms with Gasteiger partial charge in [-0.05, 0) is 23.6 Å². The monoisotopic (exact) mass is 524 g/mol. The minimum Gasteiger partial charge on any atom is -0.328 e. The number of rotatable bonds is 1. The van der Waals surface area contributed by atoms with Crippen molar-refractivity contribution in [3.63, 3.8) is 0 Å². The fraction of sp³-hybridized carbons (Fsp3) is 0.467. The number of nitrogens with one attached hydrogen (secondary N) is 1. The van der Waals surface area contributed by atoms with Gasteiger partial charge in [-0.2, -0.15) is 35.1 Å². The van der Waals surface area contributed by atoms with E-state index in [-0.39, 0.29) is 13.0 Å². The summed E-state index contributed by atoms with van der Waals surface area (Å²) >= 11 is 6.13. The Hall–Kier alpha value is -1.98. The van der Waals surface area contributed by atoms with Crippen LogP contribution >= 0.6 is 11.6 Å². The molecular formula is C15H20ClF3N4O7S2. The van der Waals surface area contributed by atoms with Gasteiger partial charge < -0.3 is 10.6 Å². The molecule has 2 aromatic rings. The minimum absolute atomic E-state index is 0.142. The van der Waals surface area contributed by atoms with Gasteiger partial charge in [0.25, 0.3) is 20.2 Å². The summed E-state index contributed by atoms with van der Waals surface area (Å²) in [4.78, 5) is 12.8. The highest BCUT2D eigenvalue weighted by Crippen LogP contribution is 2.32. The molecule has 0 aliphatic carbocycles. The summed E-state index contributed by atoms with van der Waals surface area (Å²) in [6.07, 6.45) is -1.42. The first-order valence-electron chi connectivity index (χ1n) is 8.35. The number of amides is 1. The van der Waals surface area contributed by atoms with Crippen molar-refractivity contribution in [3.8, 4) is 0 Å². The van der Waals surface area contributed by atoms with Crippen LogP contribution in [0.1, 0.15) is 11.1 Å². The van der Waals surface area contributed by atoms with Gasteiger partial charge in [-0.3, -0.25) is 19.0 Å². The first-order valence-corrected chi connectivity index (χ1v) is 12.4. The average Bonchev–Trinajstić information content (AvgIpc) is 2.98. The first kappa shape index (κ1) is 28.1. The second kappa shape index (κ2) is 10.3. The van der Waals surface area contributed by atoms with E-state index in [1.807, 2.05) is 0 Å². The first-order chi connectivity index (χ1) is 14.3. The molecule has 1 aliphatic rings. The lowest BCUT2D eigenvalue weighted by Gasteiger charge is -2.24. The topological polar surface area (TPSA) is 184 Å². The Morgan fingerprint density at radius 1 is 1.25 bits per heavy atom. The van der Waals surface area contributed by atoms with Crippen LogP contribution in [0.5, 0.6) is 0 Å². The number of nitrogens with two attached hydrogens (primary N) is 1. The van der Waals surface area contributed by atoms with Crippen LogP contribution in [0.3, 0.4) is 0 Å². The minimum atomic E-state index is -4.48.